The zero-order valence-electron chi connectivity index (χ0n) is 16.2. The highest BCUT2D eigenvalue weighted by Crippen LogP contribution is 2.35. The second-order valence-electron chi connectivity index (χ2n) is 8.51. The van der Waals surface area contributed by atoms with Gasteiger partial charge in [-0.2, -0.15) is 5.26 Å². The Kier molecular flexibility index (Phi) is 4.47. The van der Waals surface area contributed by atoms with Gasteiger partial charge in [-0.15, -0.1) is 0 Å². The van der Waals surface area contributed by atoms with Gasteiger partial charge in [0.15, 0.2) is 0 Å². The molecule has 4 heterocycles. The Hall–Kier alpha value is -2.92. The van der Waals surface area contributed by atoms with E-state index in [-0.39, 0.29) is 17.3 Å². The van der Waals surface area contributed by atoms with Crippen LogP contribution in [0.2, 0.25) is 0 Å². The summed E-state index contributed by atoms with van der Waals surface area (Å²) in [6, 6.07) is 4.23. The molecule has 0 spiro atoms. The quantitative estimate of drug-likeness (QED) is 0.707. The molecule has 1 saturated heterocycles. The largest absolute Gasteiger partial charge is 0.346 e. The maximum atomic E-state index is 12.8. The Morgan fingerprint density at radius 3 is 2.69 bits per heavy atom. The van der Waals surface area contributed by atoms with Gasteiger partial charge in [0.2, 0.25) is 0 Å². The number of H-pyrrole nitrogens is 2. The van der Waals surface area contributed by atoms with Crippen LogP contribution in [0, 0.1) is 23.2 Å². The van der Waals surface area contributed by atoms with Crippen LogP contribution in [-0.2, 0) is 0 Å². The van der Waals surface area contributed by atoms with Crippen molar-refractivity contribution >= 4 is 21.9 Å². The third-order valence-corrected chi connectivity index (χ3v) is 6.59. The van der Waals surface area contributed by atoms with Crippen molar-refractivity contribution in [2.75, 3.05) is 19.6 Å². The fourth-order valence-corrected chi connectivity index (χ4v) is 5.13. The summed E-state index contributed by atoms with van der Waals surface area (Å²) in [5.74, 6) is 1.17. The molecule has 0 atom stereocenters. The number of aromatic nitrogens is 4. The summed E-state index contributed by atoms with van der Waals surface area (Å²) in [7, 11) is 0. The van der Waals surface area contributed by atoms with E-state index in [1.165, 1.54) is 0 Å². The summed E-state index contributed by atoms with van der Waals surface area (Å²) in [6.07, 6.45) is 7.99. The van der Waals surface area contributed by atoms with Gasteiger partial charge in [-0.3, -0.25) is 14.3 Å². The molecule has 3 aromatic rings. The predicted octanol–water partition coefficient (Wildman–Crippen LogP) is 2.14. The molecule has 29 heavy (non-hydrogen) atoms. The fourth-order valence-electron chi connectivity index (χ4n) is 5.13. The predicted molar refractivity (Wildman–Crippen MR) is 110 cm³/mol. The maximum Gasteiger partial charge on any atom is 0.329 e. The number of nitrogens with one attached hydrogen (secondary N) is 2. The highest BCUT2D eigenvalue weighted by Gasteiger charge is 2.31. The normalized spacial score (nSPS) is 23.3. The Bertz CT molecular complexity index is 1200. The van der Waals surface area contributed by atoms with Crippen molar-refractivity contribution in [2.24, 2.45) is 11.8 Å². The first-order valence-electron chi connectivity index (χ1n) is 10.3. The first-order chi connectivity index (χ1) is 14.1. The molecule has 1 aliphatic heterocycles. The molecule has 0 aromatic carbocycles. The second kappa shape index (κ2) is 7.16. The summed E-state index contributed by atoms with van der Waals surface area (Å²) in [6.45, 7) is 3.16. The van der Waals surface area contributed by atoms with Gasteiger partial charge in [0.1, 0.15) is 5.65 Å². The van der Waals surface area contributed by atoms with Gasteiger partial charge in [-0.1, -0.05) is 0 Å². The van der Waals surface area contributed by atoms with Crippen LogP contribution in [0.3, 0.4) is 0 Å². The Morgan fingerprint density at radius 1 is 1.14 bits per heavy atom. The number of nitriles is 1. The molecular weight excluding hydrogens is 368 g/mol. The smallest absolute Gasteiger partial charge is 0.329 e. The van der Waals surface area contributed by atoms with Crippen LogP contribution >= 0.6 is 0 Å². The van der Waals surface area contributed by atoms with Gasteiger partial charge < -0.3 is 9.88 Å². The molecule has 0 radical (unpaired) electrons. The maximum absolute atomic E-state index is 12.8. The average Bonchev–Trinajstić information content (AvgIpc) is 3.16. The van der Waals surface area contributed by atoms with E-state index < -0.39 is 0 Å². The number of hydrogen-bond donors (Lipinski definition) is 2. The molecule has 1 saturated carbocycles. The van der Waals surface area contributed by atoms with E-state index in [1.807, 2.05) is 6.07 Å². The van der Waals surface area contributed by atoms with Gasteiger partial charge in [-0.25, -0.2) is 9.78 Å². The van der Waals surface area contributed by atoms with Crippen molar-refractivity contribution < 1.29 is 0 Å². The van der Waals surface area contributed by atoms with Gasteiger partial charge in [0.05, 0.1) is 17.0 Å². The molecular formula is C21H24N6O2. The van der Waals surface area contributed by atoms with Gasteiger partial charge in [0, 0.05) is 49.9 Å². The zero-order chi connectivity index (χ0) is 20.0. The standard InChI is InChI=1S/C21H24N6O2/c22-7-5-14-11-26(12-14)10-13-1-3-15(4-2-13)27-18-16-6-8-23-19(16)24-9-17(18)20(28)25-21(27)29/h6,8-9,13-15H,1-5,10-12H2,(H,23,24)(H,25,28,29). The molecule has 8 nitrogen and oxygen atoms in total. The van der Waals surface area contributed by atoms with Crippen molar-refractivity contribution in [3.8, 4) is 6.07 Å². The van der Waals surface area contributed by atoms with Crippen LogP contribution in [-0.4, -0.2) is 44.1 Å². The van der Waals surface area contributed by atoms with E-state index in [9.17, 15) is 9.59 Å². The second-order valence-corrected chi connectivity index (χ2v) is 8.51. The topological polar surface area (TPSA) is 111 Å². The number of nitrogens with zero attached hydrogens (tertiary/aromatic N) is 4. The number of fused-ring (bicyclic) bond motifs is 3. The van der Waals surface area contributed by atoms with Gasteiger partial charge in [0.25, 0.3) is 5.56 Å². The molecule has 0 unspecified atom stereocenters. The molecule has 2 fully saturated rings. The molecule has 5 rings (SSSR count). The van der Waals surface area contributed by atoms with Crippen LogP contribution in [0.25, 0.3) is 21.9 Å². The van der Waals surface area contributed by atoms with Crippen molar-refractivity contribution in [3.05, 3.63) is 39.3 Å². The average molecular weight is 392 g/mol. The Morgan fingerprint density at radius 2 is 1.93 bits per heavy atom. The lowest BCUT2D eigenvalue weighted by Gasteiger charge is -2.41. The molecule has 2 aliphatic rings. The van der Waals surface area contributed by atoms with Crippen LogP contribution in [0.4, 0.5) is 0 Å². The van der Waals surface area contributed by atoms with E-state index in [2.05, 4.69) is 25.9 Å². The summed E-state index contributed by atoms with van der Waals surface area (Å²) < 4.78 is 1.79. The first-order valence-corrected chi connectivity index (χ1v) is 10.3. The molecule has 3 aromatic heterocycles. The molecule has 0 bridgehead atoms. The lowest BCUT2D eigenvalue weighted by molar-refractivity contribution is 0.0715. The number of likely N-dealkylation sites (tertiary alicyclic amines) is 1. The first kappa shape index (κ1) is 18.1. The van der Waals surface area contributed by atoms with E-state index in [1.54, 1.807) is 17.0 Å². The third-order valence-electron chi connectivity index (χ3n) is 6.59. The monoisotopic (exact) mass is 392 g/mol. The van der Waals surface area contributed by atoms with E-state index >= 15 is 0 Å². The SMILES string of the molecule is N#CCC1CN(CC2CCC(n3c(=O)[nH]c(=O)c4cnc5[nH]ccc5c43)CC2)C1. The van der Waals surface area contributed by atoms with Crippen molar-refractivity contribution in [1.29, 1.82) is 5.26 Å². The number of aromatic amines is 2. The zero-order valence-corrected chi connectivity index (χ0v) is 16.2. The van der Waals surface area contributed by atoms with Crippen LogP contribution in [0.1, 0.15) is 38.1 Å². The molecule has 150 valence electrons. The Balaban J connectivity index is 1.37. The van der Waals surface area contributed by atoms with Crippen LogP contribution in [0.5, 0.6) is 0 Å². The minimum atomic E-state index is -0.379. The number of rotatable bonds is 4. The van der Waals surface area contributed by atoms with E-state index in [0.717, 1.165) is 50.7 Å². The molecule has 8 heteroatoms. The van der Waals surface area contributed by atoms with Gasteiger partial charge >= 0.3 is 5.69 Å². The minimum absolute atomic E-state index is 0.0846. The van der Waals surface area contributed by atoms with E-state index in [0.29, 0.717) is 34.8 Å². The minimum Gasteiger partial charge on any atom is -0.346 e. The molecule has 1 aliphatic carbocycles. The third kappa shape index (κ3) is 3.15. The van der Waals surface area contributed by atoms with Crippen molar-refractivity contribution in [2.45, 2.75) is 38.1 Å². The summed E-state index contributed by atoms with van der Waals surface area (Å²) in [5, 5.41) is 10.1. The molecule has 2 N–H and O–H groups in total. The lowest BCUT2D eigenvalue weighted by Crippen LogP contribution is -2.48. The lowest BCUT2D eigenvalue weighted by atomic mass is 9.84. The number of hydrogen-bond acceptors (Lipinski definition) is 5. The van der Waals surface area contributed by atoms with Crippen molar-refractivity contribution in [3.63, 3.8) is 0 Å². The van der Waals surface area contributed by atoms with E-state index in [4.69, 9.17) is 5.26 Å². The van der Waals surface area contributed by atoms with Crippen molar-refractivity contribution in [1.82, 2.24) is 24.4 Å². The summed E-state index contributed by atoms with van der Waals surface area (Å²) in [4.78, 5) is 37.4. The van der Waals surface area contributed by atoms with Crippen LogP contribution in [0.15, 0.2) is 28.0 Å². The Labute approximate surface area is 167 Å². The van der Waals surface area contributed by atoms with Crippen LogP contribution < -0.4 is 11.2 Å². The summed E-state index contributed by atoms with van der Waals surface area (Å²) in [5.41, 5.74) is 0.669. The highest BCUT2D eigenvalue weighted by atomic mass is 16.2. The molecule has 0 amide bonds. The van der Waals surface area contributed by atoms with Gasteiger partial charge in [-0.05, 0) is 43.6 Å². The highest BCUT2D eigenvalue weighted by molar-refractivity contribution is 6.01. The summed E-state index contributed by atoms with van der Waals surface area (Å²) >= 11 is 0. The number of pyridine rings is 1. The fraction of sp³-hybridized carbons (Fsp3) is 0.524.